The number of nitrogens with zero attached hydrogens (tertiary/aromatic N) is 2. The van der Waals surface area contributed by atoms with Gasteiger partial charge in [-0.3, -0.25) is 4.90 Å². The van der Waals surface area contributed by atoms with E-state index < -0.39 is 10.0 Å². The zero-order valence-electron chi connectivity index (χ0n) is 12.8. The number of rotatable bonds is 5. The average Bonchev–Trinajstić information content (AvgIpc) is 3.08. The number of hydrogen-bond donors (Lipinski definition) is 1. The number of ether oxygens (including phenoxy) is 1. The highest BCUT2D eigenvalue weighted by molar-refractivity contribution is 7.88. The summed E-state index contributed by atoms with van der Waals surface area (Å²) in [6.45, 7) is 3.20. The Balaban J connectivity index is 1.55. The highest BCUT2D eigenvalue weighted by atomic mass is 32.2. The Bertz CT molecular complexity index is 590. The Morgan fingerprint density at radius 3 is 3.14 bits per heavy atom. The van der Waals surface area contributed by atoms with Gasteiger partial charge in [0.25, 0.3) is 0 Å². The number of hydrogen-bond acceptors (Lipinski definition) is 6. The summed E-state index contributed by atoms with van der Waals surface area (Å²) in [4.78, 5) is 6.74. The van der Waals surface area contributed by atoms with Gasteiger partial charge in [-0.15, -0.1) is 11.3 Å². The first kappa shape index (κ1) is 16.3. The lowest BCUT2D eigenvalue weighted by atomic mass is 9.90. The van der Waals surface area contributed by atoms with Gasteiger partial charge in [-0.05, 0) is 25.7 Å². The lowest BCUT2D eigenvalue weighted by Crippen LogP contribution is -2.46. The highest BCUT2D eigenvalue weighted by Gasteiger charge is 2.43. The summed E-state index contributed by atoms with van der Waals surface area (Å²) in [7, 11) is -3.15. The lowest BCUT2D eigenvalue weighted by molar-refractivity contribution is -0.118. The summed E-state index contributed by atoms with van der Waals surface area (Å²) in [5, 5.41) is 3.15. The minimum absolute atomic E-state index is 0.0108. The molecule has 0 aliphatic carbocycles. The van der Waals surface area contributed by atoms with Crippen LogP contribution in [0.4, 0.5) is 0 Å². The molecule has 1 aromatic heterocycles. The van der Waals surface area contributed by atoms with Crippen LogP contribution in [0.5, 0.6) is 0 Å². The molecule has 0 saturated carbocycles. The molecule has 2 saturated heterocycles. The second-order valence-electron chi connectivity index (χ2n) is 6.32. The standard InChI is InChI=1S/C14H23N3O3S2/c1-22(18,19)16-9-12-3-2-4-14(20-12)5-7-17(11-14)10-13-15-6-8-21-13/h6,8,12,16H,2-5,7,9-11H2,1H3/t12-,14-/m1/s1. The molecule has 2 atom stereocenters. The third-order valence-corrected chi connectivity index (χ3v) is 5.84. The predicted molar refractivity (Wildman–Crippen MR) is 86.3 cm³/mol. The predicted octanol–water partition coefficient (Wildman–Crippen LogP) is 1.21. The van der Waals surface area contributed by atoms with Crippen LogP contribution in [0.3, 0.4) is 0 Å². The van der Waals surface area contributed by atoms with Crippen LogP contribution in [0, 0.1) is 0 Å². The van der Waals surface area contributed by atoms with Crippen molar-refractivity contribution in [3.05, 3.63) is 16.6 Å². The zero-order valence-corrected chi connectivity index (χ0v) is 14.5. The molecule has 6 nitrogen and oxygen atoms in total. The summed E-state index contributed by atoms with van der Waals surface area (Å²) in [6, 6.07) is 0. The fourth-order valence-corrected chi connectivity index (χ4v) is 4.54. The maximum Gasteiger partial charge on any atom is 0.208 e. The van der Waals surface area contributed by atoms with Crippen molar-refractivity contribution in [3.8, 4) is 0 Å². The molecule has 2 aliphatic rings. The van der Waals surface area contributed by atoms with Gasteiger partial charge in [0.1, 0.15) is 5.01 Å². The Morgan fingerprint density at radius 2 is 2.41 bits per heavy atom. The summed E-state index contributed by atoms with van der Waals surface area (Å²) in [5.41, 5.74) is -0.0979. The Kier molecular flexibility index (Phi) is 4.84. The molecule has 124 valence electrons. The first-order valence-electron chi connectivity index (χ1n) is 7.67. The average molecular weight is 345 g/mol. The number of thiazole rings is 1. The van der Waals surface area contributed by atoms with Gasteiger partial charge in [-0.25, -0.2) is 18.1 Å². The van der Waals surface area contributed by atoms with E-state index in [1.165, 1.54) is 6.26 Å². The van der Waals surface area contributed by atoms with Gasteiger partial charge in [0, 0.05) is 31.2 Å². The van der Waals surface area contributed by atoms with Crippen molar-refractivity contribution in [1.29, 1.82) is 0 Å². The monoisotopic (exact) mass is 345 g/mol. The lowest BCUT2D eigenvalue weighted by Gasteiger charge is -2.38. The van der Waals surface area contributed by atoms with Crippen molar-refractivity contribution in [2.75, 3.05) is 25.9 Å². The molecule has 1 N–H and O–H groups in total. The van der Waals surface area contributed by atoms with Crippen molar-refractivity contribution in [1.82, 2.24) is 14.6 Å². The van der Waals surface area contributed by atoms with Gasteiger partial charge < -0.3 is 4.74 Å². The van der Waals surface area contributed by atoms with E-state index in [0.717, 1.165) is 50.3 Å². The molecule has 2 aliphatic heterocycles. The SMILES string of the molecule is CS(=O)(=O)NC[C@H]1CCC[C@]2(CCN(Cc3nccs3)C2)O1. The van der Waals surface area contributed by atoms with Gasteiger partial charge in [0.2, 0.25) is 10.0 Å². The second kappa shape index (κ2) is 6.52. The van der Waals surface area contributed by atoms with Gasteiger partial charge in [-0.1, -0.05) is 0 Å². The van der Waals surface area contributed by atoms with E-state index in [1.54, 1.807) is 11.3 Å². The van der Waals surface area contributed by atoms with Crippen molar-refractivity contribution < 1.29 is 13.2 Å². The molecular weight excluding hydrogens is 322 g/mol. The molecule has 0 radical (unpaired) electrons. The summed E-state index contributed by atoms with van der Waals surface area (Å²) in [5.74, 6) is 0. The molecule has 22 heavy (non-hydrogen) atoms. The van der Waals surface area contributed by atoms with Crippen LogP contribution in [-0.2, 0) is 21.3 Å². The molecular formula is C14H23N3O3S2. The van der Waals surface area contributed by atoms with Crippen LogP contribution in [0.25, 0.3) is 0 Å². The number of likely N-dealkylation sites (tertiary alicyclic amines) is 1. The third-order valence-electron chi connectivity index (χ3n) is 4.39. The van der Waals surface area contributed by atoms with Crippen molar-refractivity contribution >= 4 is 21.4 Å². The van der Waals surface area contributed by atoms with Gasteiger partial charge in [0.15, 0.2) is 0 Å². The molecule has 0 bridgehead atoms. The smallest absolute Gasteiger partial charge is 0.208 e. The molecule has 0 amide bonds. The fraction of sp³-hybridized carbons (Fsp3) is 0.786. The molecule has 0 aromatic carbocycles. The fourth-order valence-electron chi connectivity index (χ4n) is 3.40. The molecule has 1 spiro atoms. The molecule has 3 rings (SSSR count). The minimum Gasteiger partial charge on any atom is -0.369 e. The summed E-state index contributed by atoms with van der Waals surface area (Å²) in [6.07, 6.45) is 7.14. The quantitative estimate of drug-likeness (QED) is 0.868. The van der Waals surface area contributed by atoms with E-state index in [0.29, 0.717) is 6.54 Å². The minimum atomic E-state index is -3.15. The maximum atomic E-state index is 11.2. The maximum absolute atomic E-state index is 11.2. The van der Waals surface area contributed by atoms with Crippen LogP contribution >= 0.6 is 11.3 Å². The Labute approximate surface area is 135 Å². The first-order chi connectivity index (χ1) is 10.4. The van der Waals surface area contributed by atoms with E-state index in [1.807, 2.05) is 11.6 Å². The largest absolute Gasteiger partial charge is 0.369 e. The van der Waals surface area contributed by atoms with Gasteiger partial charge in [0.05, 0.1) is 24.5 Å². The molecule has 8 heteroatoms. The molecule has 1 aromatic rings. The van der Waals surface area contributed by atoms with Crippen LogP contribution in [0.1, 0.15) is 30.7 Å². The van der Waals surface area contributed by atoms with Crippen molar-refractivity contribution in [2.45, 2.75) is 43.9 Å². The molecule has 0 unspecified atom stereocenters. The number of nitrogens with one attached hydrogen (secondary N) is 1. The van der Waals surface area contributed by atoms with E-state index in [9.17, 15) is 8.42 Å². The Morgan fingerprint density at radius 1 is 1.55 bits per heavy atom. The topological polar surface area (TPSA) is 71.5 Å². The number of aromatic nitrogens is 1. The van der Waals surface area contributed by atoms with E-state index in [-0.39, 0.29) is 11.7 Å². The molecule has 3 heterocycles. The highest BCUT2D eigenvalue weighted by Crippen LogP contribution is 2.37. The summed E-state index contributed by atoms with van der Waals surface area (Å²) >= 11 is 1.69. The van der Waals surface area contributed by atoms with E-state index in [2.05, 4.69) is 14.6 Å². The van der Waals surface area contributed by atoms with E-state index >= 15 is 0 Å². The summed E-state index contributed by atoms with van der Waals surface area (Å²) < 4.78 is 31.3. The van der Waals surface area contributed by atoms with Crippen molar-refractivity contribution in [2.24, 2.45) is 0 Å². The molecule has 2 fully saturated rings. The first-order valence-corrected chi connectivity index (χ1v) is 10.4. The van der Waals surface area contributed by atoms with Crippen LogP contribution in [0.2, 0.25) is 0 Å². The number of sulfonamides is 1. The van der Waals surface area contributed by atoms with Gasteiger partial charge >= 0.3 is 0 Å². The van der Waals surface area contributed by atoms with Crippen LogP contribution in [-0.4, -0.2) is 55.9 Å². The van der Waals surface area contributed by atoms with Crippen molar-refractivity contribution in [3.63, 3.8) is 0 Å². The van der Waals surface area contributed by atoms with Crippen LogP contribution < -0.4 is 4.72 Å². The van der Waals surface area contributed by atoms with Crippen LogP contribution in [0.15, 0.2) is 11.6 Å². The Hall–Kier alpha value is -0.540. The second-order valence-corrected chi connectivity index (χ2v) is 9.13. The normalized spacial score (nSPS) is 30.1. The van der Waals surface area contributed by atoms with E-state index in [4.69, 9.17) is 4.74 Å². The van der Waals surface area contributed by atoms with Gasteiger partial charge in [-0.2, -0.15) is 0 Å². The third kappa shape index (κ3) is 4.26. The zero-order chi connectivity index (χ0) is 15.6.